The molecule has 0 aliphatic carbocycles. The first-order valence-electron chi connectivity index (χ1n) is 8.86. The molecule has 3 unspecified atom stereocenters. The molecule has 11 heteroatoms. The molecule has 0 aromatic rings. The third-order valence-corrected chi connectivity index (χ3v) is 15.7. The molecule has 7 nitrogen and oxygen atoms in total. The second-order valence-corrected chi connectivity index (χ2v) is 15.3. The molecule has 0 bridgehead atoms. The number of rotatable bonds is 15. The van der Waals surface area contributed by atoms with Crippen LogP contribution in [0.4, 0.5) is 0 Å². The van der Waals surface area contributed by atoms with Crippen LogP contribution < -0.4 is 20.7 Å². The third-order valence-electron chi connectivity index (χ3n) is 3.23. The van der Waals surface area contributed by atoms with E-state index in [-0.39, 0.29) is 0 Å². The Kier molecular flexibility index (Phi) is 14.2. The molecule has 0 aromatic carbocycles. The molecule has 5 N–H and O–H groups in total. The van der Waals surface area contributed by atoms with E-state index in [9.17, 15) is 0 Å². The van der Waals surface area contributed by atoms with Crippen LogP contribution >= 0.6 is 0 Å². The average molecular weight is 399 g/mol. The minimum Gasteiger partial charge on any atom is -0.406 e. The first kappa shape index (κ1) is 23.6. The van der Waals surface area contributed by atoms with Gasteiger partial charge < -0.3 is 33.0 Å². The summed E-state index contributed by atoms with van der Waals surface area (Å²) in [6.07, 6.45) is 0.875. The fraction of sp³-hybridized carbons (Fsp3) is 1.00. The summed E-state index contributed by atoms with van der Waals surface area (Å²) >= 11 is 0. The molecule has 0 saturated heterocycles. The maximum Gasteiger partial charge on any atom is 0.471 e. The largest absolute Gasteiger partial charge is 0.471 e. The lowest BCUT2D eigenvalue weighted by Gasteiger charge is -2.37. The standard InChI is InChI=1S/C12H38N4O3Si4/c1-7-14-20(4)17-23(12-10-11-13,18-21(5)15-8-2)19-22(6)16-9-3/h14-16,20-22H,7-13H2,1-6H3. The van der Waals surface area contributed by atoms with Gasteiger partial charge in [-0.05, 0) is 52.2 Å². The average Bonchev–Trinajstić information content (AvgIpc) is 2.45. The zero-order valence-electron chi connectivity index (χ0n) is 15.8. The molecule has 0 spiro atoms. The Morgan fingerprint density at radius 1 is 0.783 bits per heavy atom. The first-order valence-corrected chi connectivity index (χ1v) is 17.4. The van der Waals surface area contributed by atoms with Gasteiger partial charge >= 0.3 is 8.80 Å². The van der Waals surface area contributed by atoms with Gasteiger partial charge in [-0.3, -0.25) is 0 Å². The van der Waals surface area contributed by atoms with E-state index in [0.717, 1.165) is 32.1 Å². The minimum absolute atomic E-state index is 0.635. The molecule has 0 aliphatic rings. The number of nitrogens with one attached hydrogen (secondary N) is 3. The highest BCUT2D eigenvalue weighted by Crippen LogP contribution is 2.20. The van der Waals surface area contributed by atoms with Crippen LogP contribution in [0, 0.1) is 0 Å². The molecular weight excluding hydrogens is 361 g/mol. The third kappa shape index (κ3) is 10.9. The normalized spacial score (nSPS) is 18.4. The van der Waals surface area contributed by atoms with Gasteiger partial charge in [-0.2, -0.15) is 0 Å². The van der Waals surface area contributed by atoms with Crippen molar-refractivity contribution in [1.82, 2.24) is 14.9 Å². The first-order chi connectivity index (χ1) is 10.9. The SMILES string of the molecule is CCN[SiH](C)O[Si](CCCN)(O[SiH](C)NCC)O[SiH](C)NCC. The van der Waals surface area contributed by atoms with Crippen molar-refractivity contribution in [2.24, 2.45) is 5.73 Å². The van der Waals surface area contributed by atoms with Crippen molar-refractivity contribution < 1.29 is 12.3 Å². The van der Waals surface area contributed by atoms with Crippen LogP contribution in [-0.2, 0) is 12.3 Å². The summed E-state index contributed by atoms with van der Waals surface area (Å²) < 4.78 is 19.4. The van der Waals surface area contributed by atoms with E-state index in [0.29, 0.717) is 6.54 Å². The van der Waals surface area contributed by atoms with Crippen LogP contribution in [0.15, 0.2) is 0 Å². The van der Waals surface area contributed by atoms with Crippen molar-refractivity contribution in [1.29, 1.82) is 0 Å². The minimum atomic E-state index is -2.70. The van der Waals surface area contributed by atoms with Gasteiger partial charge in [-0.1, -0.05) is 20.8 Å². The molecule has 3 atom stereocenters. The lowest BCUT2D eigenvalue weighted by Crippen LogP contribution is -2.60. The molecule has 0 rings (SSSR count). The van der Waals surface area contributed by atoms with Crippen LogP contribution in [0.2, 0.25) is 25.7 Å². The van der Waals surface area contributed by atoms with Crippen molar-refractivity contribution in [3.63, 3.8) is 0 Å². The highest BCUT2D eigenvalue weighted by molar-refractivity contribution is 6.79. The Hall–Kier alpha value is 0.588. The van der Waals surface area contributed by atoms with E-state index in [2.05, 4.69) is 55.4 Å². The molecule has 0 aromatic heterocycles. The molecule has 23 heavy (non-hydrogen) atoms. The second-order valence-electron chi connectivity index (χ2n) is 5.53. The zero-order valence-corrected chi connectivity index (χ0v) is 20.2. The predicted molar refractivity (Wildman–Crippen MR) is 108 cm³/mol. The molecule has 0 heterocycles. The monoisotopic (exact) mass is 398 g/mol. The van der Waals surface area contributed by atoms with E-state index in [1.54, 1.807) is 0 Å². The summed E-state index contributed by atoms with van der Waals surface area (Å²) in [7, 11) is -7.25. The van der Waals surface area contributed by atoms with Gasteiger partial charge in [-0.15, -0.1) is 0 Å². The molecule has 140 valence electrons. The number of nitrogens with two attached hydrogens (primary N) is 1. The molecule has 0 saturated carbocycles. The molecular formula is C12H38N4O3Si4. The summed E-state index contributed by atoms with van der Waals surface area (Å²) in [5, 5.41) is 0. The van der Waals surface area contributed by atoms with E-state index < -0.39 is 36.4 Å². The van der Waals surface area contributed by atoms with E-state index >= 15 is 0 Å². The van der Waals surface area contributed by atoms with Gasteiger partial charge in [0.1, 0.15) is 0 Å². The van der Waals surface area contributed by atoms with Crippen LogP contribution in [-0.4, -0.2) is 62.6 Å². The highest BCUT2D eigenvalue weighted by Gasteiger charge is 2.44. The van der Waals surface area contributed by atoms with Gasteiger partial charge in [0.05, 0.1) is 0 Å². The van der Waals surface area contributed by atoms with Crippen molar-refractivity contribution in [2.75, 3.05) is 26.2 Å². The molecule has 0 aliphatic heterocycles. The van der Waals surface area contributed by atoms with Crippen molar-refractivity contribution in [3.05, 3.63) is 0 Å². The van der Waals surface area contributed by atoms with Crippen molar-refractivity contribution >= 4 is 36.4 Å². The van der Waals surface area contributed by atoms with Gasteiger partial charge in [-0.25, -0.2) is 0 Å². The number of hydrogen-bond donors (Lipinski definition) is 4. The zero-order chi connectivity index (χ0) is 17.7. The van der Waals surface area contributed by atoms with Crippen LogP contribution in [0.5, 0.6) is 0 Å². The van der Waals surface area contributed by atoms with Crippen LogP contribution in [0.25, 0.3) is 0 Å². The molecule has 0 radical (unpaired) electrons. The second kappa shape index (κ2) is 13.8. The lowest BCUT2D eigenvalue weighted by molar-refractivity contribution is 0.255. The van der Waals surface area contributed by atoms with Crippen molar-refractivity contribution in [3.8, 4) is 0 Å². The maximum atomic E-state index is 6.47. The Morgan fingerprint density at radius 3 is 1.39 bits per heavy atom. The smallest absolute Gasteiger partial charge is 0.406 e. The Labute approximate surface area is 148 Å². The van der Waals surface area contributed by atoms with Crippen molar-refractivity contribution in [2.45, 2.75) is 52.9 Å². The van der Waals surface area contributed by atoms with Gasteiger partial charge in [0.15, 0.2) is 0 Å². The van der Waals surface area contributed by atoms with Crippen LogP contribution in [0.3, 0.4) is 0 Å². The van der Waals surface area contributed by atoms with Gasteiger partial charge in [0.2, 0.25) is 27.6 Å². The fourth-order valence-corrected chi connectivity index (χ4v) is 15.8. The predicted octanol–water partition coefficient (Wildman–Crippen LogP) is -0.297. The fourth-order valence-electron chi connectivity index (χ4n) is 2.37. The Bertz CT molecular complexity index is 259. The molecule has 0 amide bonds. The lowest BCUT2D eigenvalue weighted by atomic mass is 10.5. The van der Waals surface area contributed by atoms with E-state index in [1.807, 2.05) is 0 Å². The summed E-state index contributed by atoms with van der Waals surface area (Å²) in [6, 6.07) is 0.803. The summed E-state index contributed by atoms with van der Waals surface area (Å²) in [4.78, 5) is 10.3. The van der Waals surface area contributed by atoms with E-state index in [4.69, 9.17) is 18.1 Å². The Morgan fingerprint density at radius 2 is 1.13 bits per heavy atom. The molecule has 0 fully saturated rings. The summed E-state index contributed by atoms with van der Waals surface area (Å²) in [5.41, 5.74) is 5.75. The summed E-state index contributed by atoms with van der Waals surface area (Å²) in [6.45, 7) is 16.1. The van der Waals surface area contributed by atoms with E-state index in [1.165, 1.54) is 0 Å². The topological polar surface area (TPSA) is 89.8 Å². The van der Waals surface area contributed by atoms with Gasteiger partial charge in [0.25, 0.3) is 0 Å². The highest BCUT2D eigenvalue weighted by atomic mass is 28.5. The maximum absolute atomic E-state index is 6.47. The van der Waals surface area contributed by atoms with Gasteiger partial charge in [0, 0.05) is 6.04 Å². The Balaban J connectivity index is 5.14. The quantitative estimate of drug-likeness (QED) is 0.282. The summed E-state index contributed by atoms with van der Waals surface area (Å²) in [5.74, 6) is 0. The van der Waals surface area contributed by atoms with Crippen LogP contribution in [0.1, 0.15) is 27.2 Å². The number of hydrogen-bond acceptors (Lipinski definition) is 7.